The Hall–Kier alpha value is -1.81. The number of thioether (sulfide) groups is 1. The van der Waals surface area contributed by atoms with Gasteiger partial charge in [0.05, 0.1) is 30.3 Å². The van der Waals surface area contributed by atoms with Crippen molar-refractivity contribution in [2.75, 3.05) is 43.1 Å². The fourth-order valence-corrected chi connectivity index (χ4v) is 2.87. The molecule has 2 amide bonds. The number of halogens is 4. The number of hydrogen-bond donors (Lipinski definition) is 1. The summed E-state index contributed by atoms with van der Waals surface area (Å²) in [5, 5.41) is 2.26. The molecule has 1 saturated heterocycles. The van der Waals surface area contributed by atoms with Crippen LogP contribution in [0.25, 0.3) is 0 Å². The first kappa shape index (κ1) is 19.5. The van der Waals surface area contributed by atoms with Crippen molar-refractivity contribution in [1.29, 1.82) is 0 Å². The molecule has 1 fully saturated rings. The summed E-state index contributed by atoms with van der Waals surface area (Å²) in [6, 6.07) is 2.23. The van der Waals surface area contributed by atoms with Gasteiger partial charge in [0.2, 0.25) is 11.8 Å². The maximum Gasteiger partial charge on any atom is 0.419 e. The Morgan fingerprint density at radius 2 is 1.88 bits per heavy atom. The molecule has 25 heavy (non-hydrogen) atoms. The number of carbonyl (C=O) groups is 2. The highest BCUT2D eigenvalue weighted by molar-refractivity contribution is 8.00. The number of benzene rings is 1. The first-order valence-electron chi connectivity index (χ1n) is 7.37. The molecular weight excluding hydrogens is 364 g/mol. The first-order valence-corrected chi connectivity index (χ1v) is 8.52. The van der Waals surface area contributed by atoms with E-state index in [4.69, 9.17) is 4.74 Å². The molecule has 1 aromatic carbocycles. The number of morpholine rings is 1. The molecule has 0 spiro atoms. The van der Waals surface area contributed by atoms with Crippen LogP contribution in [0.15, 0.2) is 18.2 Å². The van der Waals surface area contributed by atoms with Crippen molar-refractivity contribution in [3.8, 4) is 0 Å². The highest BCUT2D eigenvalue weighted by atomic mass is 32.2. The molecule has 1 aliphatic rings. The smallest absolute Gasteiger partial charge is 0.378 e. The van der Waals surface area contributed by atoms with Crippen LogP contribution in [-0.4, -0.2) is 54.5 Å². The highest BCUT2D eigenvalue weighted by Crippen LogP contribution is 2.33. The second-order valence-corrected chi connectivity index (χ2v) is 6.21. The van der Waals surface area contributed by atoms with Gasteiger partial charge in [0.15, 0.2) is 0 Å². The van der Waals surface area contributed by atoms with Crippen LogP contribution in [0.1, 0.15) is 5.56 Å². The predicted octanol–water partition coefficient (Wildman–Crippen LogP) is 2.38. The minimum Gasteiger partial charge on any atom is -0.378 e. The SMILES string of the molecule is O=C(CSCC(=O)N1CCOCC1)Nc1ccc(F)c(C(F)(F)F)c1. The van der Waals surface area contributed by atoms with Crippen molar-refractivity contribution in [2.45, 2.75) is 6.18 Å². The Labute approximate surface area is 145 Å². The Balaban J connectivity index is 1.81. The zero-order chi connectivity index (χ0) is 18.4. The fourth-order valence-electron chi connectivity index (χ4n) is 2.15. The van der Waals surface area contributed by atoms with Crippen LogP contribution in [0, 0.1) is 5.82 Å². The van der Waals surface area contributed by atoms with Crippen LogP contribution < -0.4 is 5.32 Å². The van der Waals surface area contributed by atoms with Gasteiger partial charge in [-0.25, -0.2) is 4.39 Å². The molecule has 1 heterocycles. The third-order valence-corrected chi connectivity index (χ3v) is 4.30. The van der Waals surface area contributed by atoms with E-state index in [0.717, 1.165) is 17.8 Å². The lowest BCUT2D eigenvalue weighted by molar-refractivity contribution is -0.140. The predicted molar refractivity (Wildman–Crippen MR) is 84.8 cm³/mol. The van der Waals surface area contributed by atoms with Gasteiger partial charge in [-0.1, -0.05) is 0 Å². The molecule has 0 aliphatic carbocycles. The number of rotatable bonds is 5. The van der Waals surface area contributed by atoms with Gasteiger partial charge in [-0.2, -0.15) is 13.2 Å². The fraction of sp³-hybridized carbons (Fsp3) is 0.467. The second kappa shape index (κ2) is 8.52. The van der Waals surface area contributed by atoms with Gasteiger partial charge in [-0.05, 0) is 18.2 Å². The minimum absolute atomic E-state index is 0.0879. The molecular formula is C15H16F4N2O3S. The van der Waals surface area contributed by atoms with Gasteiger partial charge in [0.1, 0.15) is 5.82 Å². The summed E-state index contributed by atoms with van der Waals surface area (Å²) >= 11 is 1.05. The first-order chi connectivity index (χ1) is 11.8. The number of amides is 2. The Bertz CT molecular complexity index is 634. The summed E-state index contributed by atoms with van der Waals surface area (Å²) in [5.74, 6) is -2.11. The number of carbonyl (C=O) groups excluding carboxylic acids is 2. The summed E-state index contributed by atoms with van der Waals surface area (Å²) in [4.78, 5) is 25.3. The van der Waals surface area contributed by atoms with Gasteiger partial charge < -0.3 is 15.0 Å². The number of alkyl halides is 3. The number of ether oxygens (including phenoxy) is 1. The summed E-state index contributed by atoms with van der Waals surface area (Å²) in [6.07, 6.45) is -4.84. The molecule has 2 rings (SSSR count). The van der Waals surface area contributed by atoms with Crippen LogP contribution in [0.2, 0.25) is 0 Å². The largest absolute Gasteiger partial charge is 0.419 e. The van der Waals surface area contributed by atoms with E-state index in [0.29, 0.717) is 38.4 Å². The van der Waals surface area contributed by atoms with Crippen LogP contribution in [-0.2, 0) is 20.5 Å². The summed E-state index contributed by atoms with van der Waals surface area (Å²) in [7, 11) is 0. The quantitative estimate of drug-likeness (QED) is 0.797. The van der Waals surface area contributed by atoms with E-state index >= 15 is 0 Å². The minimum atomic E-state index is -4.84. The lowest BCUT2D eigenvalue weighted by atomic mass is 10.2. The third kappa shape index (κ3) is 5.89. The zero-order valence-electron chi connectivity index (χ0n) is 13.1. The zero-order valence-corrected chi connectivity index (χ0v) is 13.9. The Morgan fingerprint density at radius 1 is 1.20 bits per heavy atom. The van der Waals surface area contributed by atoms with Gasteiger partial charge in [-0.3, -0.25) is 9.59 Å². The second-order valence-electron chi connectivity index (χ2n) is 5.23. The molecule has 10 heteroatoms. The van der Waals surface area contributed by atoms with Gasteiger partial charge in [0.25, 0.3) is 0 Å². The average Bonchev–Trinajstić information content (AvgIpc) is 2.56. The number of nitrogens with zero attached hydrogens (tertiary/aromatic N) is 1. The lowest BCUT2D eigenvalue weighted by Crippen LogP contribution is -2.41. The average molecular weight is 380 g/mol. The number of hydrogen-bond acceptors (Lipinski definition) is 4. The highest BCUT2D eigenvalue weighted by Gasteiger charge is 2.34. The van der Waals surface area contributed by atoms with E-state index in [1.54, 1.807) is 4.90 Å². The monoisotopic (exact) mass is 380 g/mol. The van der Waals surface area contributed by atoms with Gasteiger partial charge >= 0.3 is 6.18 Å². The van der Waals surface area contributed by atoms with E-state index in [9.17, 15) is 27.2 Å². The third-order valence-electron chi connectivity index (χ3n) is 3.38. The van der Waals surface area contributed by atoms with Gasteiger partial charge in [-0.15, -0.1) is 11.8 Å². The maximum atomic E-state index is 13.2. The molecule has 0 unspecified atom stereocenters. The van der Waals surface area contributed by atoms with Crippen molar-refractivity contribution in [3.05, 3.63) is 29.6 Å². The summed E-state index contributed by atoms with van der Waals surface area (Å²) in [6.45, 7) is 1.95. The molecule has 1 N–H and O–H groups in total. The topological polar surface area (TPSA) is 58.6 Å². The number of nitrogens with one attached hydrogen (secondary N) is 1. The van der Waals surface area contributed by atoms with Crippen LogP contribution in [0.4, 0.5) is 23.2 Å². The molecule has 1 aliphatic heterocycles. The van der Waals surface area contributed by atoms with Crippen molar-refractivity contribution in [1.82, 2.24) is 4.90 Å². The molecule has 0 radical (unpaired) electrons. The summed E-state index contributed by atoms with van der Waals surface area (Å²) in [5.41, 5.74) is -1.60. The van der Waals surface area contributed by atoms with E-state index in [1.165, 1.54) is 0 Å². The van der Waals surface area contributed by atoms with Crippen molar-refractivity contribution in [3.63, 3.8) is 0 Å². The van der Waals surface area contributed by atoms with Crippen LogP contribution in [0.3, 0.4) is 0 Å². The van der Waals surface area contributed by atoms with Crippen molar-refractivity contribution < 1.29 is 31.9 Å². The van der Waals surface area contributed by atoms with Crippen LogP contribution in [0.5, 0.6) is 0 Å². The molecule has 1 aromatic rings. The summed E-state index contributed by atoms with van der Waals surface area (Å²) < 4.78 is 56.2. The maximum absolute atomic E-state index is 13.2. The standard InChI is InChI=1S/C15H16F4N2O3S/c16-12-2-1-10(7-11(12)15(17,18)19)20-13(22)8-25-9-14(23)21-3-5-24-6-4-21/h1-2,7H,3-6,8-9H2,(H,20,22). The molecule has 0 atom stereocenters. The molecule has 138 valence electrons. The Kier molecular flexibility index (Phi) is 6.65. The lowest BCUT2D eigenvalue weighted by Gasteiger charge is -2.26. The van der Waals surface area contributed by atoms with Crippen LogP contribution >= 0.6 is 11.8 Å². The number of anilines is 1. The Morgan fingerprint density at radius 3 is 2.52 bits per heavy atom. The van der Waals surface area contributed by atoms with Crippen molar-refractivity contribution in [2.24, 2.45) is 0 Å². The van der Waals surface area contributed by atoms with E-state index < -0.39 is 23.5 Å². The molecule has 0 saturated carbocycles. The van der Waals surface area contributed by atoms with E-state index in [2.05, 4.69) is 5.32 Å². The molecule has 5 nitrogen and oxygen atoms in total. The van der Waals surface area contributed by atoms with Crippen molar-refractivity contribution >= 4 is 29.3 Å². The molecule has 0 bridgehead atoms. The van der Waals surface area contributed by atoms with E-state index in [1.807, 2.05) is 0 Å². The molecule has 0 aromatic heterocycles. The van der Waals surface area contributed by atoms with Gasteiger partial charge in [0, 0.05) is 18.8 Å². The normalized spacial score (nSPS) is 15.1. The van der Waals surface area contributed by atoms with E-state index in [-0.39, 0.29) is 23.1 Å².